The topological polar surface area (TPSA) is 53.6 Å². The van der Waals surface area contributed by atoms with Gasteiger partial charge >= 0.3 is 0 Å². The fourth-order valence-electron chi connectivity index (χ4n) is 3.05. The van der Waals surface area contributed by atoms with E-state index in [1.165, 1.54) is 16.7 Å². The standard InChI is InChI=1S/C21H19ClN4/c1-14(16-5-7-18(22)8-6-16)26-20-9-4-15(12-24-20)11-17-13-25-21-19(17)3-2-10-23-21/h2-10,12-14H,11H2,1H3,(H,23,25)(H,24,26)/t14-/m0/s1. The average molecular weight is 363 g/mol. The Morgan fingerprint density at radius 2 is 1.92 bits per heavy atom. The predicted molar refractivity (Wildman–Crippen MR) is 107 cm³/mol. The largest absolute Gasteiger partial charge is 0.364 e. The zero-order valence-electron chi connectivity index (χ0n) is 14.4. The summed E-state index contributed by atoms with van der Waals surface area (Å²) in [4.78, 5) is 12.1. The second-order valence-corrected chi connectivity index (χ2v) is 6.80. The van der Waals surface area contributed by atoms with Crippen molar-refractivity contribution in [3.63, 3.8) is 0 Å². The highest BCUT2D eigenvalue weighted by Crippen LogP contribution is 2.22. The number of aromatic nitrogens is 3. The van der Waals surface area contributed by atoms with Crippen LogP contribution in [-0.4, -0.2) is 15.0 Å². The second-order valence-electron chi connectivity index (χ2n) is 6.36. The summed E-state index contributed by atoms with van der Waals surface area (Å²) in [6.07, 6.45) is 6.57. The minimum absolute atomic E-state index is 0.158. The fourth-order valence-corrected chi connectivity index (χ4v) is 3.18. The second kappa shape index (κ2) is 7.18. The van der Waals surface area contributed by atoms with Gasteiger partial charge in [-0.3, -0.25) is 0 Å². The van der Waals surface area contributed by atoms with Crippen molar-refractivity contribution in [2.45, 2.75) is 19.4 Å². The summed E-state index contributed by atoms with van der Waals surface area (Å²) >= 11 is 5.95. The smallest absolute Gasteiger partial charge is 0.137 e. The van der Waals surface area contributed by atoms with Gasteiger partial charge in [0.1, 0.15) is 11.5 Å². The Labute approximate surface area is 157 Å². The Morgan fingerprint density at radius 3 is 2.69 bits per heavy atom. The SMILES string of the molecule is C[C@H](Nc1ccc(Cc2c[nH]c3ncccc23)cn1)c1ccc(Cl)cc1. The quantitative estimate of drug-likeness (QED) is 0.501. The molecule has 3 aromatic heterocycles. The molecule has 26 heavy (non-hydrogen) atoms. The zero-order chi connectivity index (χ0) is 17.9. The minimum atomic E-state index is 0.158. The summed E-state index contributed by atoms with van der Waals surface area (Å²) in [6.45, 7) is 2.11. The molecule has 0 spiro atoms. The number of benzene rings is 1. The number of fused-ring (bicyclic) bond motifs is 1. The normalized spacial score (nSPS) is 12.2. The van der Waals surface area contributed by atoms with E-state index in [1.807, 2.05) is 48.8 Å². The molecule has 4 aromatic rings. The first-order valence-electron chi connectivity index (χ1n) is 8.57. The molecule has 130 valence electrons. The van der Waals surface area contributed by atoms with Gasteiger partial charge in [0.05, 0.1) is 0 Å². The van der Waals surface area contributed by atoms with Crippen LogP contribution < -0.4 is 5.32 Å². The van der Waals surface area contributed by atoms with Crippen LogP contribution in [-0.2, 0) is 6.42 Å². The number of aromatic amines is 1. The molecule has 0 saturated heterocycles. The van der Waals surface area contributed by atoms with E-state index in [0.717, 1.165) is 28.3 Å². The van der Waals surface area contributed by atoms with Crippen LogP contribution >= 0.6 is 11.6 Å². The Hall–Kier alpha value is -2.85. The van der Waals surface area contributed by atoms with Gasteiger partial charge in [0, 0.05) is 41.5 Å². The maximum absolute atomic E-state index is 5.95. The van der Waals surface area contributed by atoms with Crippen LogP contribution in [0.3, 0.4) is 0 Å². The summed E-state index contributed by atoms with van der Waals surface area (Å²) in [5.74, 6) is 0.858. The summed E-state index contributed by atoms with van der Waals surface area (Å²) in [5.41, 5.74) is 4.49. The van der Waals surface area contributed by atoms with Gasteiger partial charge < -0.3 is 10.3 Å². The molecule has 0 amide bonds. The number of H-pyrrole nitrogens is 1. The molecule has 0 radical (unpaired) electrons. The maximum Gasteiger partial charge on any atom is 0.137 e. The van der Waals surface area contributed by atoms with Crippen molar-refractivity contribution >= 4 is 28.5 Å². The molecule has 3 heterocycles. The van der Waals surface area contributed by atoms with Crippen LogP contribution in [0.4, 0.5) is 5.82 Å². The van der Waals surface area contributed by atoms with E-state index in [9.17, 15) is 0 Å². The monoisotopic (exact) mass is 362 g/mol. The molecule has 1 aromatic carbocycles. The predicted octanol–water partition coefficient (Wildman–Crippen LogP) is 5.38. The van der Waals surface area contributed by atoms with E-state index in [4.69, 9.17) is 11.6 Å². The Bertz CT molecular complexity index is 1010. The summed E-state index contributed by atoms with van der Waals surface area (Å²) in [7, 11) is 0. The van der Waals surface area contributed by atoms with E-state index in [-0.39, 0.29) is 6.04 Å². The molecular weight excluding hydrogens is 344 g/mol. The molecule has 4 nitrogen and oxygen atoms in total. The number of nitrogens with zero attached hydrogens (tertiary/aromatic N) is 2. The first-order chi connectivity index (χ1) is 12.7. The molecule has 1 atom stereocenters. The van der Waals surface area contributed by atoms with Crippen LogP contribution in [0.2, 0.25) is 5.02 Å². The van der Waals surface area contributed by atoms with E-state index in [0.29, 0.717) is 0 Å². The zero-order valence-corrected chi connectivity index (χ0v) is 15.2. The number of anilines is 1. The first-order valence-corrected chi connectivity index (χ1v) is 8.95. The van der Waals surface area contributed by atoms with Gasteiger partial charge in [-0.15, -0.1) is 0 Å². The number of rotatable bonds is 5. The highest BCUT2D eigenvalue weighted by atomic mass is 35.5. The van der Waals surface area contributed by atoms with E-state index in [2.05, 4.69) is 39.3 Å². The molecule has 0 saturated carbocycles. The number of pyridine rings is 2. The van der Waals surface area contributed by atoms with Crippen LogP contribution in [0.25, 0.3) is 11.0 Å². The van der Waals surface area contributed by atoms with Gasteiger partial charge in [0.25, 0.3) is 0 Å². The third-order valence-electron chi connectivity index (χ3n) is 4.49. The Morgan fingerprint density at radius 1 is 1.08 bits per heavy atom. The van der Waals surface area contributed by atoms with Crippen molar-refractivity contribution in [1.82, 2.24) is 15.0 Å². The van der Waals surface area contributed by atoms with E-state index < -0.39 is 0 Å². The third-order valence-corrected chi connectivity index (χ3v) is 4.74. The minimum Gasteiger partial charge on any atom is -0.364 e. The Kier molecular flexibility index (Phi) is 4.59. The average Bonchev–Trinajstić information content (AvgIpc) is 3.07. The number of hydrogen-bond donors (Lipinski definition) is 2. The van der Waals surface area contributed by atoms with Gasteiger partial charge in [-0.1, -0.05) is 29.8 Å². The van der Waals surface area contributed by atoms with Gasteiger partial charge in [0.2, 0.25) is 0 Å². The van der Waals surface area contributed by atoms with Crippen LogP contribution in [0.1, 0.15) is 29.7 Å². The molecule has 0 fully saturated rings. The lowest BCUT2D eigenvalue weighted by Gasteiger charge is -2.15. The Balaban J connectivity index is 1.45. The van der Waals surface area contributed by atoms with E-state index >= 15 is 0 Å². The molecule has 0 aliphatic carbocycles. The maximum atomic E-state index is 5.95. The molecular formula is C21H19ClN4. The molecule has 0 unspecified atom stereocenters. The van der Waals surface area contributed by atoms with Crippen molar-refractivity contribution in [1.29, 1.82) is 0 Å². The highest BCUT2D eigenvalue weighted by molar-refractivity contribution is 6.30. The van der Waals surface area contributed by atoms with Gasteiger partial charge in [-0.05, 0) is 53.9 Å². The van der Waals surface area contributed by atoms with Crippen molar-refractivity contribution in [3.8, 4) is 0 Å². The lowest BCUT2D eigenvalue weighted by atomic mass is 10.1. The van der Waals surface area contributed by atoms with Crippen molar-refractivity contribution in [2.75, 3.05) is 5.32 Å². The van der Waals surface area contributed by atoms with Gasteiger partial charge in [-0.2, -0.15) is 0 Å². The van der Waals surface area contributed by atoms with Crippen LogP contribution in [0.15, 0.2) is 67.1 Å². The third kappa shape index (κ3) is 3.55. The molecule has 5 heteroatoms. The fraction of sp³-hybridized carbons (Fsp3) is 0.143. The molecule has 0 aliphatic heterocycles. The van der Waals surface area contributed by atoms with Crippen LogP contribution in [0.5, 0.6) is 0 Å². The molecule has 0 aliphatic rings. The number of hydrogen-bond acceptors (Lipinski definition) is 3. The van der Waals surface area contributed by atoms with Crippen LogP contribution in [0, 0.1) is 0 Å². The van der Waals surface area contributed by atoms with Crippen molar-refractivity contribution in [3.05, 3.63) is 88.8 Å². The number of halogens is 1. The lowest BCUT2D eigenvalue weighted by Crippen LogP contribution is -2.07. The van der Waals surface area contributed by atoms with E-state index in [1.54, 1.807) is 6.20 Å². The molecule has 4 rings (SSSR count). The summed E-state index contributed by atoms with van der Waals surface area (Å²) in [5, 5.41) is 5.33. The lowest BCUT2D eigenvalue weighted by molar-refractivity contribution is 0.874. The summed E-state index contributed by atoms with van der Waals surface area (Å²) in [6, 6.07) is 16.2. The first kappa shape index (κ1) is 16.6. The van der Waals surface area contributed by atoms with Crippen molar-refractivity contribution < 1.29 is 0 Å². The summed E-state index contributed by atoms with van der Waals surface area (Å²) < 4.78 is 0. The highest BCUT2D eigenvalue weighted by Gasteiger charge is 2.08. The van der Waals surface area contributed by atoms with Crippen molar-refractivity contribution in [2.24, 2.45) is 0 Å². The van der Waals surface area contributed by atoms with Gasteiger partial charge in [0.15, 0.2) is 0 Å². The van der Waals surface area contributed by atoms with Gasteiger partial charge in [-0.25, -0.2) is 9.97 Å². The molecule has 0 bridgehead atoms. The molecule has 2 N–H and O–H groups in total. The number of nitrogens with one attached hydrogen (secondary N) is 2.